The van der Waals surface area contributed by atoms with Crippen LogP contribution in [0.4, 0.5) is 0 Å². The lowest BCUT2D eigenvalue weighted by molar-refractivity contribution is 0.584. The van der Waals surface area contributed by atoms with Crippen LogP contribution in [-0.4, -0.2) is 38.9 Å². The van der Waals surface area contributed by atoms with Gasteiger partial charge in [-0.2, -0.15) is 11.8 Å². The van der Waals surface area contributed by atoms with E-state index in [4.69, 9.17) is 4.99 Å². The van der Waals surface area contributed by atoms with Crippen molar-refractivity contribution in [3.05, 3.63) is 35.8 Å². The highest BCUT2D eigenvalue weighted by Crippen LogP contribution is 2.36. The second-order valence-electron chi connectivity index (χ2n) is 6.58. The average molecular weight is 473 g/mol. The number of hydrogen-bond donors (Lipinski definition) is 2. The standard InChI is InChI=1S/C18H27N5S.HI/c1-4-19-17(21-13-18(3)9-6-10-24-18)20-11-15-12-23-14(2)7-5-8-16(23)22-15;/h5,7-8,12H,4,6,9-11,13H2,1-3H3,(H2,19,20,21);1H. The first kappa shape index (κ1) is 20.4. The van der Waals surface area contributed by atoms with Crippen molar-refractivity contribution in [1.82, 2.24) is 20.0 Å². The van der Waals surface area contributed by atoms with Gasteiger partial charge in [0.1, 0.15) is 5.65 Å². The first-order valence-corrected chi connectivity index (χ1v) is 9.68. The molecular formula is C18H28IN5S. The maximum Gasteiger partial charge on any atom is 0.191 e. The van der Waals surface area contributed by atoms with Crippen molar-refractivity contribution >= 4 is 47.3 Å². The fourth-order valence-electron chi connectivity index (χ4n) is 3.02. The number of thioether (sulfide) groups is 1. The average Bonchev–Trinajstić information content (AvgIpc) is 3.18. The van der Waals surface area contributed by atoms with Crippen LogP contribution < -0.4 is 10.6 Å². The second kappa shape index (κ2) is 9.12. The van der Waals surface area contributed by atoms with Crippen LogP contribution in [0.1, 0.15) is 38.1 Å². The van der Waals surface area contributed by atoms with E-state index in [9.17, 15) is 0 Å². The fourth-order valence-corrected chi connectivity index (χ4v) is 4.27. The van der Waals surface area contributed by atoms with Crippen molar-refractivity contribution < 1.29 is 0 Å². The summed E-state index contributed by atoms with van der Waals surface area (Å²) < 4.78 is 2.44. The van der Waals surface area contributed by atoms with Crippen molar-refractivity contribution in [3.63, 3.8) is 0 Å². The largest absolute Gasteiger partial charge is 0.357 e. The van der Waals surface area contributed by atoms with Crippen LogP contribution in [-0.2, 0) is 6.54 Å². The molecule has 2 N–H and O–H groups in total. The van der Waals surface area contributed by atoms with Crippen molar-refractivity contribution in [2.24, 2.45) is 4.99 Å². The van der Waals surface area contributed by atoms with Gasteiger partial charge in [0.15, 0.2) is 5.96 Å². The molecule has 1 aliphatic rings. The summed E-state index contributed by atoms with van der Waals surface area (Å²) in [5, 5.41) is 6.84. The molecular weight excluding hydrogens is 445 g/mol. The fraction of sp³-hybridized carbons (Fsp3) is 0.556. The van der Waals surface area contributed by atoms with Crippen LogP contribution >= 0.6 is 35.7 Å². The number of aromatic nitrogens is 2. The van der Waals surface area contributed by atoms with Crippen LogP contribution in [0.3, 0.4) is 0 Å². The topological polar surface area (TPSA) is 53.7 Å². The first-order chi connectivity index (χ1) is 11.6. The summed E-state index contributed by atoms with van der Waals surface area (Å²) in [7, 11) is 0. The molecule has 1 fully saturated rings. The molecule has 3 heterocycles. The van der Waals surface area contributed by atoms with E-state index >= 15 is 0 Å². The Bertz CT molecular complexity index is 721. The summed E-state index contributed by atoms with van der Waals surface area (Å²) in [6, 6.07) is 6.16. The number of hydrogen-bond acceptors (Lipinski definition) is 3. The predicted octanol–water partition coefficient (Wildman–Crippen LogP) is 3.60. The molecule has 0 bridgehead atoms. The van der Waals surface area contributed by atoms with Crippen molar-refractivity contribution in [2.75, 3.05) is 18.8 Å². The van der Waals surface area contributed by atoms with Crippen LogP contribution in [0.25, 0.3) is 5.65 Å². The summed E-state index contributed by atoms with van der Waals surface area (Å²) in [6.07, 6.45) is 4.67. The molecule has 0 saturated carbocycles. The molecule has 7 heteroatoms. The number of halogens is 1. The Kier molecular flexibility index (Phi) is 7.42. The van der Waals surface area contributed by atoms with Crippen molar-refractivity contribution in [2.45, 2.75) is 44.9 Å². The minimum Gasteiger partial charge on any atom is -0.357 e. The third kappa shape index (κ3) is 5.26. The Balaban J connectivity index is 0.00000225. The number of nitrogens with one attached hydrogen (secondary N) is 2. The molecule has 2 aromatic rings. The molecule has 2 aromatic heterocycles. The summed E-state index contributed by atoms with van der Waals surface area (Å²) >= 11 is 2.06. The maximum absolute atomic E-state index is 4.71. The van der Waals surface area contributed by atoms with Gasteiger partial charge in [-0.25, -0.2) is 9.98 Å². The van der Waals surface area contributed by atoms with Gasteiger partial charge in [-0.15, -0.1) is 24.0 Å². The summed E-state index contributed by atoms with van der Waals surface area (Å²) in [6.45, 7) is 8.92. The summed E-state index contributed by atoms with van der Waals surface area (Å²) in [5.74, 6) is 2.15. The zero-order valence-corrected chi connectivity index (χ0v) is 18.4. The highest BCUT2D eigenvalue weighted by Gasteiger charge is 2.29. The van der Waals surface area contributed by atoms with E-state index in [-0.39, 0.29) is 24.0 Å². The van der Waals surface area contributed by atoms with E-state index in [0.717, 1.165) is 30.4 Å². The third-order valence-electron chi connectivity index (χ3n) is 4.42. The lowest BCUT2D eigenvalue weighted by Gasteiger charge is -2.24. The highest BCUT2D eigenvalue weighted by atomic mass is 127. The van der Waals surface area contributed by atoms with Gasteiger partial charge >= 0.3 is 0 Å². The number of pyridine rings is 1. The van der Waals surface area contributed by atoms with Crippen LogP contribution in [0.5, 0.6) is 0 Å². The number of imidazole rings is 1. The Hall–Kier alpha value is -0.960. The zero-order valence-electron chi connectivity index (χ0n) is 15.2. The van der Waals surface area contributed by atoms with Crippen LogP contribution in [0.15, 0.2) is 29.4 Å². The summed E-state index contributed by atoms with van der Waals surface area (Å²) in [4.78, 5) is 9.36. The van der Waals surface area contributed by atoms with Gasteiger partial charge in [0.25, 0.3) is 0 Å². The molecule has 0 aliphatic carbocycles. The Morgan fingerprint density at radius 1 is 1.40 bits per heavy atom. The van der Waals surface area contributed by atoms with Gasteiger partial charge in [-0.1, -0.05) is 6.07 Å². The van der Waals surface area contributed by atoms with Crippen molar-refractivity contribution in [3.8, 4) is 0 Å². The lowest BCUT2D eigenvalue weighted by Crippen LogP contribution is -2.43. The molecule has 0 amide bonds. The molecule has 1 saturated heterocycles. The van der Waals surface area contributed by atoms with Gasteiger partial charge in [-0.3, -0.25) is 0 Å². The van der Waals surface area contributed by atoms with Gasteiger partial charge < -0.3 is 15.0 Å². The third-order valence-corrected chi connectivity index (χ3v) is 5.96. The molecule has 138 valence electrons. The van der Waals surface area contributed by atoms with E-state index in [1.54, 1.807) is 0 Å². The minimum absolute atomic E-state index is 0. The molecule has 1 aliphatic heterocycles. The van der Waals surface area contributed by atoms with Gasteiger partial charge in [0.05, 0.1) is 12.2 Å². The smallest absolute Gasteiger partial charge is 0.191 e. The predicted molar refractivity (Wildman–Crippen MR) is 118 cm³/mol. The van der Waals surface area contributed by atoms with E-state index < -0.39 is 0 Å². The van der Waals surface area contributed by atoms with Crippen LogP contribution in [0.2, 0.25) is 0 Å². The molecule has 25 heavy (non-hydrogen) atoms. The maximum atomic E-state index is 4.71. The molecule has 0 spiro atoms. The molecule has 0 radical (unpaired) electrons. The van der Waals surface area contributed by atoms with E-state index in [1.165, 1.54) is 24.3 Å². The normalized spacial score (nSPS) is 20.5. The second-order valence-corrected chi connectivity index (χ2v) is 8.26. The molecule has 5 nitrogen and oxygen atoms in total. The summed E-state index contributed by atoms with van der Waals surface area (Å²) in [5.41, 5.74) is 3.16. The van der Waals surface area contributed by atoms with Crippen LogP contribution in [0, 0.1) is 6.92 Å². The Morgan fingerprint density at radius 2 is 2.24 bits per heavy atom. The van der Waals surface area contributed by atoms with Gasteiger partial charge in [0, 0.05) is 29.7 Å². The van der Waals surface area contributed by atoms with E-state index in [0.29, 0.717) is 11.3 Å². The number of fused-ring (bicyclic) bond motifs is 1. The molecule has 3 rings (SSSR count). The highest BCUT2D eigenvalue weighted by molar-refractivity contribution is 14.0. The minimum atomic E-state index is 0. The molecule has 1 unspecified atom stereocenters. The zero-order chi connectivity index (χ0) is 17.0. The Labute approximate surface area is 171 Å². The quantitative estimate of drug-likeness (QED) is 0.396. The SMILES string of the molecule is CCNC(=NCc1cn2c(C)cccc2n1)NCC1(C)CCCS1.I. The van der Waals surface area contributed by atoms with Crippen molar-refractivity contribution in [1.29, 1.82) is 0 Å². The number of nitrogens with zero attached hydrogens (tertiary/aromatic N) is 3. The number of guanidine groups is 1. The molecule has 1 atom stereocenters. The first-order valence-electron chi connectivity index (χ1n) is 8.69. The number of aliphatic imine (C=N–C) groups is 1. The van der Waals surface area contributed by atoms with Gasteiger partial charge in [0.2, 0.25) is 0 Å². The van der Waals surface area contributed by atoms with E-state index in [1.807, 2.05) is 12.1 Å². The molecule has 0 aromatic carbocycles. The Morgan fingerprint density at radius 3 is 2.92 bits per heavy atom. The van der Waals surface area contributed by atoms with E-state index in [2.05, 4.69) is 64.8 Å². The number of aryl methyl sites for hydroxylation is 1. The lowest BCUT2D eigenvalue weighted by atomic mass is 10.1. The monoisotopic (exact) mass is 473 g/mol. The van der Waals surface area contributed by atoms with Gasteiger partial charge in [-0.05, 0) is 51.5 Å². The number of rotatable bonds is 5.